The van der Waals surface area contributed by atoms with E-state index in [1.165, 1.54) is 60.4 Å². The molecule has 1 amide bonds. The molecule has 0 atom stereocenters. The number of aryl methyl sites for hydroxylation is 1. The summed E-state index contributed by atoms with van der Waals surface area (Å²) >= 11 is -2.57. The molecule has 0 unspecified atom stereocenters. The van der Waals surface area contributed by atoms with Crippen LogP contribution in [-0.4, -0.2) is 49.8 Å². The van der Waals surface area contributed by atoms with Gasteiger partial charge in [-0.2, -0.15) is 0 Å². The molecule has 0 saturated heterocycles. The molecule has 1 aromatic rings. The number of carbonyl (C=O) groups is 1. The number of rotatable bonds is 12. The van der Waals surface area contributed by atoms with E-state index in [-0.39, 0.29) is 0 Å². The number of aromatic nitrogens is 2. The Labute approximate surface area is 176 Å². The van der Waals surface area contributed by atoms with E-state index in [0.29, 0.717) is 6.54 Å². The zero-order valence-electron chi connectivity index (χ0n) is 19.3. The van der Waals surface area contributed by atoms with Crippen LogP contribution in [-0.2, 0) is 13.6 Å². The van der Waals surface area contributed by atoms with Crippen molar-refractivity contribution in [2.45, 2.75) is 105 Å². The molecule has 1 N–H and O–H groups in total. The standard InChI is InChI=1S/C10H16N3O2.3C4H9.Sn/c1-10(2,3)13(9(14)15)7-8-5-6-12(4)11-8;3*1-3-4-2;/h5H,7H2,1-4H3,(H,14,15);3*1,3-4H2,2H3;. The van der Waals surface area contributed by atoms with Gasteiger partial charge in [-0.25, -0.2) is 0 Å². The molecule has 5 nitrogen and oxygen atoms in total. The van der Waals surface area contributed by atoms with E-state index in [2.05, 4.69) is 38.6 Å². The Morgan fingerprint density at radius 1 is 1.07 bits per heavy atom. The van der Waals surface area contributed by atoms with E-state index >= 15 is 0 Å². The van der Waals surface area contributed by atoms with Crippen molar-refractivity contribution in [1.82, 2.24) is 14.7 Å². The van der Waals surface area contributed by atoms with Gasteiger partial charge in [0.15, 0.2) is 0 Å². The summed E-state index contributed by atoms with van der Waals surface area (Å²) in [6.07, 6.45) is 6.81. The van der Waals surface area contributed by atoms with Crippen molar-refractivity contribution in [1.29, 1.82) is 0 Å². The van der Waals surface area contributed by atoms with Crippen molar-refractivity contribution >= 4 is 28.2 Å². The fourth-order valence-corrected chi connectivity index (χ4v) is 20.8. The van der Waals surface area contributed by atoms with Crippen LogP contribution in [0.1, 0.15) is 85.8 Å². The molecule has 0 aliphatic heterocycles. The number of hydrogen-bond acceptors (Lipinski definition) is 2. The topological polar surface area (TPSA) is 58.4 Å². The molecule has 0 radical (unpaired) electrons. The van der Waals surface area contributed by atoms with Crippen LogP contribution < -0.4 is 3.71 Å². The van der Waals surface area contributed by atoms with Gasteiger partial charge < -0.3 is 0 Å². The van der Waals surface area contributed by atoms with E-state index in [0.717, 1.165) is 5.69 Å². The quantitative estimate of drug-likeness (QED) is 0.372. The zero-order valence-corrected chi connectivity index (χ0v) is 22.2. The summed E-state index contributed by atoms with van der Waals surface area (Å²) in [4.78, 5) is 13.3. The molecule has 1 heterocycles. The zero-order chi connectivity index (χ0) is 21.4. The number of unbranched alkanes of at least 4 members (excludes halogenated alkanes) is 3. The van der Waals surface area contributed by atoms with Crippen molar-refractivity contribution in [2.24, 2.45) is 7.05 Å². The third kappa shape index (κ3) is 6.96. The van der Waals surface area contributed by atoms with Gasteiger partial charge in [-0.1, -0.05) is 0 Å². The average Bonchev–Trinajstić information content (AvgIpc) is 2.99. The van der Waals surface area contributed by atoms with E-state index in [1.54, 1.807) is 0 Å². The van der Waals surface area contributed by atoms with Gasteiger partial charge in [-0.05, 0) is 0 Å². The SMILES string of the molecule is CCC[CH2][Sn]([CH2]CCC)([CH2]CCC)[c]1cc(CN(C(=O)O)C(C)(C)C)nn1C. The summed E-state index contributed by atoms with van der Waals surface area (Å²) in [5, 5.41) is 14.5. The van der Waals surface area contributed by atoms with Gasteiger partial charge in [0.1, 0.15) is 0 Å². The Bertz CT molecular complexity index is 586. The average molecular weight is 500 g/mol. The van der Waals surface area contributed by atoms with Crippen molar-refractivity contribution < 1.29 is 9.90 Å². The molecule has 162 valence electrons. The Morgan fingerprint density at radius 2 is 1.54 bits per heavy atom. The molecule has 0 aromatic carbocycles. The molecule has 0 spiro atoms. The Morgan fingerprint density at radius 3 is 1.89 bits per heavy atom. The second kappa shape index (κ2) is 11.5. The second-order valence-corrected chi connectivity index (χ2v) is 22.3. The summed E-state index contributed by atoms with van der Waals surface area (Å²) in [6.45, 7) is 13.1. The monoisotopic (exact) mass is 501 g/mol. The Hall–Kier alpha value is -0.721. The summed E-state index contributed by atoms with van der Waals surface area (Å²) in [5.74, 6) is 0. The van der Waals surface area contributed by atoms with E-state index < -0.39 is 30.0 Å². The van der Waals surface area contributed by atoms with Gasteiger partial charge in [0.05, 0.1) is 0 Å². The van der Waals surface area contributed by atoms with Crippen molar-refractivity contribution in [3.63, 3.8) is 0 Å². The third-order valence-electron chi connectivity index (χ3n) is 5.86. The molecule has 1 aromatic heterocycles. The van der Waals surface area contributed by atoms with Crippen LogP contribution >= 0.6 is 0 Å². The fraction of sp³-hybridized carbons (Fsp3) is 0.818. The Balaban J connectivity index is 3.28. The van der Waals surface area contributed by atoms with E-state index in [1.807, 2.05) is 20.8 Å². The molecule has 0 aliphatic carbocycles. The number of hydrogen-bond donors (Lipinski definition) is 1. The van der Waals surface area contributed by atoms with Gasteiger partial charge in [0, 0.05) is 0 Å². The first-order chi connectivity index (χ1) is 13.1. The number of nitrogens with zero attached hydrogens (tertiary/aromatic N) is 3. The van der Waals surface area contributed by atoms with Crippen LogP contribution in [0.3, 0.4) is 0 Å². The van der Waals surface area contributed by atoms with Gasteiger partial charge >= 0.3 is 177 Å². The van der Waals surface area contributed by atoms with Gasteiger partial charge in [0.25, 0.3) is 0 Å². The molecule has 0 fully saturated rings. The normalized spacial score (nSPS) is 12.4. The van der Waals surface area contributed by atoms with Crippen LogP contribution in [0.2, 0.25) is 13.3 Å². The van der Waals surface area contributed by atoms with Crippen LogP contribution in [0.25, 0.3) is 0 Å². The van der Waals surface area contributed by atoms with Gasteiger partial charge in [-0.3, -0.25) is 0 Å². The van der Waals surface area contributed by atoms with E-state index in [9.17, 15) is 9.90 Å². The van der Waals surface area contributed by atoms with Gasteiger partial charge in [0.2, 0.25) is 0 Å². The van der Waals surface area contributed by atoms with Crippen molar-refractivity contribution in [3.05, 3.63) is 11.8 Å². The maximum absolute atomic E-state index is 11.8. The minimum absolute atomic E-state index is 0.365. The minimum atomic E-state index is -2.57. The van der Waals surface area contributed by atoms with Gasteiger partial charge in [-0.15, -0.1) is 0 Å². The first-order valence-electron chi connectivity index (χ1n) is 11.1. The molecule has 1 rings (SSSR count). The Kier molecular flexibility index (Phi) is 10.4. The summed E-state index contributed by atoms with van der Waals surface area (Å²) in [6, 6.07) is 2.28. The fourth-order valence-electron chi connectivity index (χ4n) is 4.16. The molecular formula is C22H43N3O2Sn. The summed E-state index contributed by atoms with van der Waals surface area (Å²) < 4.78 is 7.80. The molecule has 6 heteroatoms. The summed E-state index contributed by atoms with van der Waals surface area (Å²) in [7, 11) is 2.08. The molecule has 0 saturated carbocycles. The molecule has 0 aliphatic rings. The van der Waals surface area contributed by atoms with Crippen molar-refractivity contribution in [2.75, 3.05) is 0 Å². The summed E-state index contributed by atoms with van der Waals surface area (Å²) in [5.41, 5.74) is 0.469. The predicted molar refractivity (Wildman–Crippen MR) is 121 cm³/mol. The maximum atomic E-state index is 11.8. The molecule has 28 heavy (non-hydrogen) atoms. The van der Waals surface area contributed by atoms with Crippen LogP contribution in [0, 0.1) is 0 Å². The van der Waals surface area contributed by atoms with Crippen molar-refractivity contribution in [3.8, 4) is 0 Å². The first kappa shape index (κ1) is 25.3. The molecule has 0 bridgehead atoms. The second-order valence-electron chi connectivity index (χ2n) is 9.28. The first-order valence-corrected chi connectivity index (χ1v) is 18.6. The number of amides is 1. The third-order valence-corrected chi connectivity index (χ3v) is 21.5. The molecular weight excluding hydrogens is 457 g/mol. The van der Waals surface area contributed by atoms with Crippen LogP contribution in [0.5, 0.6) is 0 Å². The van der Waals surface area contributed by atoms with Crippen LogP contribution in [0.15, 0.2) is 6.07 Å². The number of carboxylic acid groups (broad SMARTS) is 1. The van der Waals surface area contributed by atoms with Crippen LogP contribution in [0.4, 0.5) is 4.79 Å². The van der Waals surface area contributed by atoms with E-state index in [4.69, 9.17) is 5.10 Å². The predicted octanol–water partition coefficient (Wildman–Crippen LogP) is 5.75.